The lowest BCUT2D eigenvalue weighted by atomic mass is 9.90. The Morgan fingerprint density at radius 1 is 0.909 bits per heavy atom. The molecule has 0 bridgehead atoms. The van der Waals surface area contributed by atoms with Crippen LogP contribution in [0, 0.1) is 5.92 Å². The highest BCUT2D eigenvalue weighted by Gasteiger charge is 2.33. The van der Waals surface area contributed by atoms with Gasteiger partial charge >= 0.3 is 0 Å². The number of carbonyl (C=O) groups excluding carboxylic acids is 1. The molecule has 1 saturated carbocycles. The van der Waals surface area contributed by atoms with E-state index in [0.29, 0.717) is 12.5 Å². The molecule has 1 unspecified atom stereocenters. The van der Waals surface area contributed by atoms with Crippen LogP contribution in [0.5, 0.6) is 17.2 Å². The summed E-state index contributed by atoms with van der Waals surface area (Å²) in [6.45, 7) is 3.92. The number of rotatable bonds is 6. The van der Waals surface area contributed by atoms with Gasteiger partial charge in [0, 0.05) is 35.8 Å². The Morgan fingerprint density at radius 2 is 1.67 bits per heavy atom. The molecule has 0 N–H and O–H groups in total. The van der Waals surface area contributed by atoms with Crippen molar-refractivity contribution in [3.8, 4) is 17.2 Å². The largest absolute Gasteiger partial charge is 0.492 e. The van der Waals surface area contributed by atoms with E-state index in [4.69, 9.17) is 14.2 Å². The minimum absolute atomic E-state index is 0.0670. The van der Waals surface area contributed by atoms with Crippen molar-refractivity contribution in [1.82, 2.24) is 4.90 Å². The molecule has 1 aliphatic carbocycles. The molecule has 6 rings (SSSR count). The molecule has 33 heavy (non-hydrogen) atoms. The van der Waals surface area contributed by atoms with Crippen LogP contribution < -0.4 is 19.1 Å². The highest BCUT2D eigenvalue weighted by Crippen LogP contribution is 2.47. The van der Waals surface area contributed by atoms with Gasteiger partial charge in [0.05, 0.1) is 6.61 Å². The maximum Gasteiger partial charge on any atom is 0.231 e. The maximum atomic E-state index is 12.3. The van der Waals surface area contributed by atoms with Crippen molar-refractivity contribution >= 4 is 12.1 Å². The van der Waals surface area contributed by atoms with Gasteiger partial charge < -0.3 is 24.0 Å². The topological polar surface area (TPSA) is 51.2 Å². The molecule has 6 heteroatoms. The quantitative estimate of drug-likeness (QED) is 0.607. The van der Waals surface area contributed by atoms with Crippen molar-refractivity contribution in [2.75, 3.05) is 37.9 Å². The summed E-state index contributed by atoms with van der Waals surface area (Å²) in [5.41, 5.74) is 3.22. The van der Waals surface area contributed by atoms with E-state index in [1.165, 1.54) is 51.6 Å². The first-order chi connectivity index (χ1) is 16.3. The zero-order valence-corrected chi connectivity index (χ0v) is 19.1. The van der Waals surface area contributed by atoms with Gasteiger partial charge in [-0.25, -0.2) is 0 Å². The Morgan fingerprint density at radius 3 is 2.45 bits per heavy atom. The molecule has 1 amide bonds. The first-order valence-electron chi connectivity index (χ1n) is 12.4. The van der Waals surface area contributed by atoms with Crippen LogP contribution in [0.15, 0.2) is 36.4 Å². The van der Waals surface area contributed by atoms with Gasteiger partial charge in [-0.1, -0.05) is 31.0 Å². The molecule has 2 aromatic carbocycles. The van der Waals surface area contributed by atoms with Crippen LogP contribution in [-0.2, 0) is 4.79 Å². The van der Waals surface area contributed by atoms with Crippen LogP contribution in [-0.4, -0.2) is 50.4 Å². The lowest BCUT2D eigenvalue weighted by Crippen LogP contribution is -2.42. The minimum atomic E-state index is 0.0670. The number of hydrogen-bond acceptors (Lipinski definition) is 5. The summed E-state index contributed by atoms with van der Waals surface area (Å²) in [6.07, 6.45) is 8.85. The van der Waals surface area contributed by atoms with Crippen LogP contribution in [0.1, 0.15) is 55.6 Å². The molecule has 3 heterocycles. The minimum Gasteiger partial charge on any atom is -0.492 e. The first kappa shape index (κ1) is 20.8. The average Bonchev–Trinajstić information content (AvgIpc) is 3.62. The van der Waals surface area contributed by atoms with Crippen molar-refractivity contribution in [3.63, 3.8) is 0 Å². The second-order valence-corrected chi connectivity index (χ2v) is 9.84. The van der Waals surface area contributed by atoms with E-state index < -0.39 is 0 Å². The standard InChI is InChI=1S/C27H32N2O4/c30-17-29(15-19-9-11-28(12-10-19)20-5-1-2-6-20)24-8-4-3-7-21(24)23-16-31-25-14-27-26(13-22(23)25)32-18-33-27/h3-4,7-8,13-14,17,19-20,23H,1-2,5-6,9-12,15-16,18H2. The molecular weight excluding hydrogens is 416 g/mol. The molecule has 0 radical (unpaired) electrons. The van der Waals surface area contributed by atoms with E-state index in [9.17, 15) is 4.79 Å². The number of anilines is 1. The van der Waals surface area contributed by atoms with Crippen LogP contribution in [0.25, 0.3) is 0 Å². The monoisotopic (exact) mass is 448 g/mol. The number of nitrogens with zero attached hydrogens (tertiary/aromatic N) is 2. The third-order valence-electron chi connectivity index (χ3n) is 7.98. The average molecular weight is 449 g/mol. The third-order valence-corrected chi connectivity index (χ3v) is 7.98. The Hall–Kier alpha value is -2.73. The Labute approximate surface area is 195 Å². The fourth-order valence-electron chi connectivity index (χ4n) is 6.15. The number of ether oxygens (including phenoxy) is 3. The maximum absolute atomic E-state index is 12.3. The van der Waals surface area contributed by atoms with E-state index in [2.05, 4.69) is 17.0 Å². The van der Waals surface area contributed by atoms with Crippen molar-refractivity contribution in [2.45, 2.75) is 50.5 Å². The molecule has 4 aliphatic rings. The van der Waals surface area contributed by atoms with Gasteiger partial charge in [0.15, 0.2) is 11.5 Å². The predicted molar refractivity (Wildman–Crippen MR) is 126 cm³/mol. The second-order valence-electron chi connectivity index (χ2n) is 9.84. The number of fused-ring (bicyclic) bond motifs is 2. The van der Waals surface area contributed by atoms with E-state index in [1.54, 1.807) is 0 Å². The zero-order chi connectivity index (χ0) is 22.2. The summed E-state index contributed by atoms with van der Waals surface area (Å²) in [5.74, 6) is 2.96. The smallest absolute Gasteiger partial charge is 0.231 e. The van der Waals surface area contributed by atoms with Crippen molar-refractivity contribution in [3.05, 3.63) is 47.5 Å². The van der Waals surface area contributed by atoms with Crippen LogP contribution in [0.2, 0.25) is 0 Å². The van der Waals surface area contributed by atoms with E-state index in [-0.39, 0.29) is 12.7 Å². The summed E-state index contributed by atoms with van der Waals surface area (Å²) >= 11 is 0. The molecule has 0 spiro atoms. The highest BCUT2D eigenvalue weighted by molar-refractivity contribution is 5.78. The first-order valence-corrected chi connectivity index (χ1v) is 12.4. The molecular formula is C27H32N2O4. The van der Waals surface area contributed by atoms with Gasteiger partial charge in [0.1, 0.15) is 5.75 Å². The van der Waals surface area contributed by atoms with Gasteiger partial charge in [-0.3, -0.25) is 4.79 Å². The Bertz CT molecular complexity index is 1010. The molecule has 174 valence electrons. The van der Waals surface area contributed by atoms with Gasteiger partial charge in [0.25, 0.3) is 0 Å². The predicted octanol–water partition coefficient (Wildman–Crippen LogP) is 4.56. The summed E-state index contributed by atoms with van der Waals surface area (Å²) < 4.78 is 17.1. The molecule has 1 saturated heterocycles. The molecule has 2 fully saturated rings. The van der Waals surface area contributed by atoms with Gasteiger partial charge in [-0.05, 0) is 62.4 Å². The van der Waals surface area contributed by atoms with Crippen molar-refractivity contribution < 1.29 is 19.0 Å². The molecule has 0 aromatic heterocycles. The lowest BCUT2D eigenvalue weighted by Gasteiger charge is -2.37. The summed E-state index contributed by atoms with van der Waals surface area (Å²) in [7, 11) is 0. The van der Waals surface area contributed by atoms with Crippen LogP contribution in [0.4, 0.5) is 5.69 Å². The fraction of sp³-hybridized carbons (Fsp3) is 0.519. The Kier molecular flexibility index (Phi) is 5.62. The van der Waals surface area contributed by atoms with Crippen LogP contribution >= 0.6 is 0 Å². The van der Waals surface area contributed by atoms with E-state index in [1.807, 2.05) is 29.2 Å². The fourth-order valence-corrected chi connectivity index (χ4v) is 6.15. The van der Waals surface area contributed by atoms with Gasteiger partial charge in [-0.2, -0.15) is 0 Å². The van der Waals surface area contributed by atoms with Gasteiger partial charge in [-0.15, -0.1) is 0 Å². The second kappa shape index (κ2) is 8.90. The SMILES string of the molecule is O=CN(CC1CCN(C2CCCC2)CC1)c1ccccc1C1COc2cc3c(cc21)OCO3. The zero-order valence-electron chi connectivity index (χ0n) is 19.1. The summed E-state index contributed by atoms with van der Waals surface area (Å²) in [6, 6.07) is 13.0. The van der Waals surface area contributed by atoms with Gasteiger partial charge in [0.2, 0.25) is 13.2 Å². The third kappa shape index (κ3) is 3.95. The molecule has 3 aliphatic heterocycles. The molecule has 1 atom stereocenters. The number of piperidine rings is 1. The number of carbonyl (C=O) groups is 1. The van der Waals surface area contributed by atoms with Crippen LogP contribution in [0.3, 0.4) is 0 Å². The number of amides is 1. The summed E-state index contributed by atoms with van der Waals surface area (Å²) in [4.78, 5) is 16.9. The number of hydrogen-bond donors (Lipinski definition) is 0. The number of benzene rings is 2. The lowest BCUT2D eigenvalue weighted by molar-refractivity contribution is -0.107. The van der Waals surface area contributed by atoms with E-state index in [0.717, 1.165) is 53.1 Å². The number of para-hydroxylation sites is 1. The van der Waals surface area contributed by atoms with Crippen molar-refractivity contribution in [1.29, 1.82) is 0 Å². The molecule has 6 nitrogen and oxygen atoms in total. The normalized spacial score (nSPS) is 22.8. The van der Waals surface area contributed by atoms with E-state index >= 15 is 0 Å². The summed E-state index contributed by atoms with van der Waals surface area (Å²) in [5, 5.41) is 0. The van der Waals surface area contributed by atoms with Crippen molar-refractivity contribution in [2.24, 2.45) is 5.92 Å². The highest BCUT2D eigenvalue weighted by atomic mass is 16.7. The molecule has 2 aromatic rings. The Balaban J connectivity index is 1.20. The number of likely N-dealkylation sites (tertiary alicyclic amines) is 1.